The number of aliphatic hydroxyl groups excluding tert-OH is 3. The molecule has 4 aliphatic rings. The highest BCUT2D eigenvalue weighted by Gasteiger charge is 2.37. The SMILES string of the molecule is CCO.CCO.CCO.c1sc(C2SCC3=C2OCCO3)c2c1OCCO2.c1scc2c1OCCO2. The largest absolute Gasteiger partial charge is 0.490 e. The first-order valence-electron chi connectivity index (χ1n) is 11.8. The molecule has 3 N–H and O–H groups in total. The number of hydrogen-bond donors (Lipinski definition) is 3. The van der Waals surface area contributed by atoms with E-state index in [2.05, 4.69) is 0 Å². The summed E-state index contributed by atoms with van der Waals surface area (Å²) in [4.78, 5) is 1.19. The van der Waals surface area contributed by atoms with Gasteiger partial charge in [-0.1, -0.05) is 0 Å². The highest BCUT2D eigenvalue weighted by molar-refractivity contribution is 8.00. The molecule has 2 aromatic rings. The Morgan fingerprint density at radius 1 is 0.694 bits per heavy atom. The van der Waals surface area contributed by atoms with Gasteiger partial charge in [-0.05, 0) is 20.8 Å². The monoisotopic (exact) mass is 564 g/mol. The minimum Gasteiger partial charge on any atom is -0.490 e. The summed E-state index contributed by atoms with van der Waals surface area (Å²) in [5, 5.41) is 28.8. The first-order chi connectivity index (χ1) is 17.6. The third-order valence-corrected chi connectivity index (χ3v) is 7.34. The summed E-state index contributed by atoms with van der Waals surface area (Å²) in [6.45, 7) is 9.72. The van der Waals surface area contributed by atoms with Crippen molar-refractivity contribution >= 4 is 34.4 Å². The van der Waals surface area contributed by atoms with Gasteiger partial charge in [0.05, 0.1) is 10.6 Å². The summed E-state index contributed by atoms with van der Waals surface area (Å²) in [7, 11) is 0. The van der Waals surface area contributed by atoms with Crippen molar-refractivity contribution in [1.82, 2.24) is 0 Å². The van der Waals surface area contributed by atoms with E-state index >= 15 is 0 Å². The summed E-state index contributed by atoms with van der Waals surface area (Å²) in [6, 6.07) is 0. The van der Waals surface area contributed by atoms with Crippen LogP contribution in [0.25, 0.3) is 0 Å². The lowest BCUT2D eigenvalue weighted by molar-refractivity contribution is 0.0640. The lowest BCUT2D eigenvalue weighted by Gasteiger charge is -2.21. The fraction of sp³-hybridized carbons (Fsp3) is 0.583. The molecule has 2 aromatic heterocycles. The maximum absolute atomic E-state index is 7.57. The van der Waals surface area contributed by atoms with E-state index in [1.807, 2.05) is 27.9 Å². The van der Waals surface area contributed by atoms with E-state index in [0.29, 0.717) is 39.6 Å². The zero-order valence-corrected chi connectivity index (χ0v) is 23.3. The van der Waals surface area contributed by atoms with Gasteiger partial charge < -0.3 is 43.7 Å². The molecule has 0 radical (unpaired) electrons. The number of thioether (sulfide) groups is 1. The molecule has 0 aliphatic carbocycles. The van der Waals surface area contributed by atoms with Crippen molar-refractivity contribution in [1.29, 1.82) is 0 Å². The number of thiophene rings is 2. The average Bonchev–Trinajstić information content (AvgIpc) is 3.64. The molecule has 0 amide bonds. The van der Waals surface area contributed by atoms with Gasteiger partial charge in [0, 0.05) is 36.0 Å². The molecule has 204 valence electrons. The number of aliphatic hydroxyl groups is 3. The smallest absolute Gasteiger partial charge is 0.176 e. The molecule has 0 fully saturated rings. The topological polar surface area (TPSA) is 116 Å². The minimum atomic E-state index is 0.204. The predicted molar refractivity (Wildman–Crippen MR) is 143 cm³/mol. The zero-order valence-electron chi connectivity index (χ0n) is 20.9. The fourth-order valence-electron chi connectivity index (χ4n) is 3.08. The highest BCUT2D eigenvalue weighted by Crippen LogP contribution is 2.54. The summed E-state index contributed by atoms with van der Waals surface area (Å²) in [5.41, 5.74) is 0. The van der Waals surface area contributed by atoms with Crippen molar-refractivity contribution in [3.63, 3.8) is 0 Å². The number of ether oxygens (including phenoxy) is 6. The molecule has 0 bridgehead atoms. The van der Waals surface area contributed by atoms with E-state index in [9.17, 15) is 0 Å². The minimum absolute atomic E-state index is 0.204. The van der Waals surface area contributed by atoms with Gasteiger partial charge in [-0.15, -0.1) is 34.4 Å². The van der Waals surface area contributed by atoms with Crippen molar-refractivity contribution < 1.29 is 43.7 Å². The van der Waals surface area contributed by atoms with Crippen molar-refractivity contribution in [3.05, 3.63) is 32.5 Å². The van der Waals surface area contributed by atoms with Gasteiger partial charge in [0.1, 0.15) is 50.7 Å². The molecule has 6 rings (SSSR count). The Morgan fingerprint density at radius 2 is 1.19 bits per heavy atom. The second kappa shape index (κ2) is 17.6. The van der Waals surface area contributed by atoms with Crippen LogP contribution in [0.15, 0.2) is 27.7 Å². The van der Waals surface area contributed by atoms with Gasteiger partial charge in [0.15, 0.2) is 28.8 Å². The highest BCUT2D eigenvalue weighted by atomic mass is 32.2. The van der Waals surface area contributed by atoms with Crippen molar-refractivity contribution in [2.75, 3.05) is 65.2 Å². The molecule has 0 spiro atoms. The summed E-state index contributed by atoms with van der Waals surface area (Å²) in [6.07, 6.45) is 0. The van der Waals surface area contributed by atoms with Crippen LogP contribution >= 0.6 is 34.4 Å². The van der Waals surface area contributed by atoms with Crippen LogP contribution in [0.3, 0.4) is 0 Å². The molecule has 12 heteroatoms. The number of fused-ring (bicyclic) bond motifs is 2. The van der Waals surface area contributed by atoms with Gasteiger partial charge >= 0.3 is 0 Å². The number of rotatable bonds is 1. The fourth-order valence-corrected chi connectivity index (χ4v) is 6.20. The van der Waals surface area contributed by atoms with Crippen molar-refractivity contribution in [2.45, 2.75) is 26.0 Å². The van der Waals surface area contributed by atoms with Crippen molar-refractivity contribution in [3.8, 4) is 23.0 Å². The van der Waals surface area contributed by atoms with Crippen LogP contribution in [0.2, 0.25) is 0 Å². The van der Waals surface area contributed by atoms with Gasteiger partial charge in [-0.2, -0.15) is 0 Å². The lowest BCUT2D eigenvalue weighted by atomic mass is 10.2. The van der Waals surface area contributed by atoms with E-state index in [1.54, 1.807) is 43.4 Å². The van der Waals surface area contributed by atoms with E-state index in [0.717, 1.165) is 40.3 Å². The van der Waals surface area contributed by atoms with Gasteiger partial charge in [0.2, 0.25) is 0 Å². The van der Waals surface area contributed by atoms with Crippen LogP contribution in [0.1, 0.15) is 30.9 Å². The van der Waals surface area contributed by atoms with Crippen LogP contribution in [0.4, 0.5) is 0 Å². The molecule has 1 unspecified atom stereocenters. The van der Waals surface area contributed by atoms with Crippen LogP contribution in [-0.4, -0.2) is 80.5 Å². The summed E-state index contributed by atoms with van der Waals surface area (Å²) < 4.78 is 33.2. The van der Waals surface area contributed by atoms with Crippen LogP contribution in [0, 0.1) is 0 Å². The standard InChI is InChI=1S/C12H12O4S2.C6H6O2S.3C2H6O/c1-3-15-9-7(13-1)5-17-11(9)12-10-8(6-18-12)14-2-4-16-10;1-2-8-6-4-9-3-5(6)7-1;3*1-2-3/h5,12H,1-4,6H2;3-4H,1-2H2;3*3H,2H2,1H3. The molecule has 9 nitrogen and oxygen atoms in total. The Hall–Kier alpha value is -1.83. The molecule has 0 saturated heterocycles. The third-order valence-electron chi connectivity index (χ3n) is 4.27. The van der Waals surface area contributed by atoms with E-state index in [4.69, 9.17) is 43.7 Å². The summed E-state index contributed by atoms with van der Waals surface area (Å²) >= 11 is 5.11. The maximum Gasteiger partial charge on any atom is 0.176 e. The second-order valence-electron chi connectivity index (χ2n) is 6.91. The Morgan fingerprint density at radius 3 is 1.81 bits per heavy atom. The molecular weight excluding hydrogens is 528 g/mol. The Balaban J connectivity index is 0.000000212. The Labute approximate surface area is 224 Å². The first kappa shape index (κ1) is 30.4. The maximum atomic E-state index is 7.57. The molecule has 36 heavy (non-hydrogen) atoms. The predicted octanol–water partition coefficient (Wildman–Crippen LogP) is 4.08. The molecule has 1 atom stereocenters. The van der Waals surface area contributed by atoms with Gasteiger partial charge in [-0.25, -0.2) is 0 Å². The second-order valence-corrected chi connectivity index (χ2v) is 9.66. The molecule has 0 saturated carbocycles. The molecule has 4 aliphatic heterocycles. The quantitative estimate of drug-likeness (QED) is 0.468. The van der Waals surface area contributed by atoms with E-state index < -0.39 is 0 Å². The van der Waals surface area contributed by atoms with Crippen LogP contribution < -0.4 is 18.9 Å². The average molecular weight is 565 g/mol. The van der Waals surface area contributed by atoms with E-state index in [-0.39, 0.29) is 25.1 Å². The van der Waals surface area contributed by atoms with Gasteiger partial charge in [-0.3, -0.25) is 0 Å². The Bertz CT molecular complexity index is 872. The Kier molecular flexibility index (Phi) is 14.9. The number of hydrogen-bond acceptors (Lipinski definition) is 12. The molecule has 6 heterocycles. The van der Waals surface area contributed by atoms with Crippen molar-refractivity contribution in [2.24, 2.45) is 0 Å². The zero-order chi connectivity index (χ0) is 26.2. The normalized spacial score (nSPS) is 18.1. The lowest BCUT2D eigenvalue weighted by Crippen LogP contribution is -2.16. The van der Waals surface area contributed by atoms with Crippen LogP contribution in [-0.2, 0) is 9.47 Å². The first-order valence-corrected chi connectivity index (χ1v) is 14.6. The third kappa shape index (κ3) is 8.93. The molecular formula is C24H36O9S3. The van der Waals surface area contributed by atoms with Crippen LogP contribution in [0.5, 0.6) is 23.0 Å². The van der Waals surface area contributed by atoms with Gasteiger partial charge in [0.25, 0.3) is 0 Å². The summed E-state index contributed by atoms with van der Waals surface area (Å²) in [5.74, 6) is 6.41. The van der Waals surface area contributed by atoms with E-state index in [1.165, 1.54) is 4.88 Å². The molecule has 0 aromatic carbocycles.